The van der Waals surface area contributed by atoms with Crippen LogP contribution in [-0.4, -0.2) is 29.5 Å². The van der Waals surface area contributed by atoms with Gasteiger partial charge in [-0.1, -0.05) is 13.8 Å². The van der Waals surface area contributed by atoms with Crippen LogP contribution in [0.1, 0.15) is 20.3 Å². The Morgan fingerprint density at radius 3 is 2.63 bits per heavy atom. The lowest BCUT2D eigenvalue weighted by Gasteiger charge is -2.16. The van der Waals surface area contributed by atoms with Crippen LogP contribution in [0, 0.1) is 5.92 Å². The molecule has 2 rings (SSSR count). The van der Waals surface area contributed by atoms with Crippen molar-refractivity contribution in [2.45, 2.75) is 30.4 Å². The van der Waals surface area contributed by atoms with Crippen LogP contribution in [0.3, 0.4) is 0 Å². The first kappa shape index (κ1) is 14.1. The molecule has 104 valence electrons. The van der Waals surface area contributed by atoms with Crippen molar-refractivity contribution in [2.75, 3.05) is 13.2 Å². The van der Waals surface area contributed by atoms with Crippen LogP contribution in [0.2, 0.25) is 0 Å². The van der Waals surface area contributed by atoms with Gasteiger partial charge in [-0.2, -0.15) is 0 Å². The molecule has 1 aromatic rings. The molecule has 1 aliphatic heterocycles. The lowest BCUT2D eigenvalue weighted by atomic mass is 10.1. The van der Waals surface area contributed by atoms with Gasteiger partial charge in [-0.3, -0.25) is 4.79 Å². The minimum absolute atomic E-state index is 0.00208. The molecular formula is C14H18O4S. The normalized spacial score (nSPS) is 17.4. The van der Waals surface area contributed by atoms with Gasteiger partial charge in [0.15, 0.2) is 11.5 Å². The number of carboxylic acids is 1. The quantitative estimate of drug-likeness (QED) is 0.860. The first-order valence-corrected chi connectivity index (χ1v) is 7.25. The predicted octanol–water partition coefficient (Wildman–Crippen LogP) is 3.05. The number of aliphatic carboxylic acids is 1. The smallest absolute Gasteiger partial charge is 0.307 e. The van der Waals surface area contributed by atoms with Crippen LogP contribution < -0.4 is 9.47 Å². The van der Waals surface area contributed by atoms with Gasteiger partial charge in [0.25, 0.3) is 0 Å². The largest absolute Gasteiger partial charge is 0.490 e. The van der Waals surface area contributed by atoms with Crippen LogP contribution in [0.15, 0.2) is 23.1 Å². The summed E-state index contributed by atoms with van der Waals surface area (Å²) in [4.78, 5) is 12.0. The van der Waals surface area contributed by atoms with Gasteiger partial charge < -0.3 is 14.6 Å². The van der Waals surface area contributed by atoms with Crippen molar-refractivity contribution < 1.29 is 19.4 Å². The van der Waals surface area contributed by atoms with Crippen LogP contribution >= 0.6 is 11.8 Å². The molecule has 0 aliphatic carbocycles. The number of rotatable bonds is 4. The maximum Gasteiger partial charge on any atom is 0.307 e. The van der Waals surface area contributed by atoms with E-state index in [0.717, 1.165) is 22.8 Å². The summed E-state index contributed by atoms with van der Waals surface area (Å²) < 4.78 is 11.2. The van der Waals surface area contributed by atoms with Gasteiger partial charge >= 0.3 is 5.97 Å². The Bertz CT molecular complexity index is 461. The summed E-state index contributed by atoms with van der Waals surface area (Å²) in [5.41, 5.74) is 0. The predicted molar refractivity (Wildman–Crippen MR) is 74.2 cm³/mol. The molecule has 1 heterocycles. The van der Waals surface area contributed by atoms with E-state index in [1.54, 1.807) is 18.7 Å². The lowest BCUT2D eigenvalue weighted by Crippen LogP contribution is -2.19. The molecule has 4 nitrogen and oxygen atoms in total. The van der Waals surface area contributed by atoms with Crippen molar-refractivity contribution in [3.05, 3.63) is 18.2 Å². The highest BCUT2D eigenvalue weighted by molar-refractivity contribution is 8.00. The number of fused-ring (bicyclic) bond motifs is 1. The Labute approximate surface area is 117 Å². The van der Waals surface area contributed by atoms with Crippen molar-refractivity contribution >= 4 is 17.7 Å². The number of carbonyl (C=O) groups is 1. The van der Waals surface area contributed by atoms with Gasteiger partial charge in [0.05, 0.1) is 19.1 Å². The Balaban J connectivity index is 2.09. The molecule has 1 aromatic carbocycles. The summed E-state index contributed by atoms with van der Waals surface area (Å²) in [6.45, 7) is 4.98. The molecule has 2 atom stereocenters. The van der Waals surface area contributed by atoms with Gasteiger partial charge in [-0.25, -0.2) is 0 Å². The summed E-state index contributed by atoms with van der Waals surface area (Å²) in [7, 11) is 0. The zero-order valence-electron chi connectivity index (χ0n) is 11.1. The first-order valence-electron chi connectivity index (χ1n) is 6.37. The molecule has 1 aliphatic rings. The van der Waals surface area contributed by atoms with Gasteiger partial charge in [0.2, 0.25) is 0 Å². The first-order chi connectivity index (χ1) is 9.08. The molecule has 2 unspecified atom stereocenters. The molecule has 19 heavy (non-hydrogen) atoms. The molecule has 5 heteroatoms. The van der Waals surface area contributed by atoms with E-state index >= 15 is 0 Å². The highest BCUT2D eigenvalue weighted by Gasteiger charge is 2.21. The number of carboxylic acid groups (broad SMARTS) is 1. The van der Waals surface area contributed by atoms with Crippen molar-refractivity contribution in [3.63, 3.8) is 0 Å². The van der Waals surface area contributed by atoms with Crippen LogP contribution in [-0.2, 0) is 4.79 Å². The molecule has 0 fully saturated rings. The summed E-state index contributed by atoms with van der Waals surface area (Å²) in [5.74, 6) is 0.355. The van der Waals surface area contributed by atoms with E-state index in [2.05, 4.69) is 0 Å². The van der Waals surface area contributed by atoms with Gasteiger partial charge in [0, 0.05) is 16.6 Å². The maximum absolute atomic E-state index is 11.0. The van der Waals surface area contributed by atoms with Gasteiger partial charge in [0.1, 0.15) is 0 Å². The molecule has 0 saturated carbocycles. The SMILES string of the molecule is CC(Sc1ccc2c(c1)OCCCO2)C(C)C(=O)O. The standard InChI is InChI=1S/C14H18O4S/c1-9(14(15)16)10(2)19-11-4-5-12-13(8-11)18-7-3-6-17-12/h4-5,8-10H,3,6-7H2,1-2H3,(H,15,16). The third-order valence-electron chi connectivity index (χ3n) is 3.13. The number of thioether (sulfide) groups is 1. The molecule has 1 N–H and O–H groups in total. The van der Waals surface area contributed by atoms with Gasteiger partial charge in [-0.15, -0.1) is 11.8 Å². The average Bonchev–Trinajstić information content (AvgIpc) is 2.62. The molecule has 0 aromatic heterocycles. The number of ether oxygens (including phenoxy) is 2. The number of benzene rings is 1. The van der Waals surface area contributed by atoms with Crippen molar-refractivity contribution in [3.8, 4) is 11.5 Å². The van der Waals surface area contributed by atoms with Crippen LogP contribution in [0.25, 0.3) is 0 Å². The second-order valence-corrected chi connectivity index (χ2v) is 6.06. The van der Waals surface area contributed by atoms with Crippen LogP contribution in [0.4, 0.5) is 0 Å². The summed E-state index contributed by atoms with van der Waals surface area (Å²) in [6.07, 6.45) is 0.879. The van der Waals surface area contributed by atoms with Crippen molar-refractivity contribution in [2.24, 2.45) is 5.92 Å². The molecule has 0 spiro atoms. The Hall–Kier alpha value is -1.36. The van der Waals surface area contributed by atoms with E-state index in [9.17, 15) is 4.79 Å². The highest BCUT2D eigenvalue weighted by Crippen LogP contribution is 2.36. The van der Waals surface area contributed by atoms with E-state index in [4.69, 9.17) is 14.6 Å². The molecule has 0 saturated heterocycles. The second-order valence-electron chi connectivity index (χ2n) is 4.61. The van der Waals surface area contributed by atoms with E-state index in [1.165, 1.54) is 0 Å². The monoisotopic (exact) mass is 282 g/mol. The molecule has 0 amide bonds. The van der Waals surface area contributed by atoms with Crippen molar-refractivity contribution in [1.29, 1.82) is 0 Å². The third kappa shape index (κ3) is 3.56. The second kappa shape index (κ2) is 6.19. The van der Waals surface area contributed by atoms with E-state index in [0.29, 0.717) is 13.2 Å². The zero-order chi connectivity index (χ0) is 13.8. The minimum Gasteiger partial charge on any atom is -0.490 e. The summed E-state index contributed by atoms with van der Waals surface area (Å²) >= 11 is 1.54. The maximum atomic E-state index is 11.0. The minimum atomic E-state index is -0.769. The fourth-order valence-electron chi connectivity index (χ4n) is 1.73. The Kier molecular flexibility index (Phi) is 4.58. The average molecular weight is 282 g/mol. The molecular weight excluding hydrogens is 264 g/mol. The lowest BCUT2D eigenvalue weighted by molar-refractivity contribution is -0.140. The van der Waals surface area contributed by atoms with E-state index in [-0.39, 0.29) is 11.2 Å². The summed E-state index contributed by atoms with van der Waals surface area (Å²) in [6, 6.07) is 5.76. The number of hydrogen-bond donors (Lipinski definition) is 1. The summed E-state index contributed by atoms with van der Waals surface area (Å²) in [5, 5.41) is 9.00. The zero-order valence-corrected chi connectivity index (χ0v) is 11.9. The molecule has 0 radical (unpaired) electrons. The highest BCUT2D eigenvalue weighted by atomic mass is 32.2. The van der Waals surface area contributed by atoms with Crippen molar-refractivity contribution in [1.82, 2.24) is 0 Å². The van der Waals surface area contributed by atoms with Gasteiger partial charge in [-0.05, 0) is 18.2 Å². The van der Waals surface area contributed by atoms with E-state index < -0.39 is 5.97 Å². The fourth-order valence-corrected chi connectivity index (χ4v) is 2.81. The van der Waals surface area contributed by atoms with Crippen LogP contribution in [0.5, 0.6) is 11.5 Å². The fraction of sp³-hybridized carbons (Fsp3) is 0.500. The molecule has 0 bridgehead atoms. The van der Waals surface area contributed by atoms with E-state index in [1.807, 2.05) is 25.1 Å². The Morgan fingerprint density at radius 2 is 1.95 bits per heavy atom. The topological polar surface area (TPSA) is 55.8 Å². The number of hydrogen-bond acceptors (Lipinski definition) is 4. The third-order valence-corrected chi connectivity index (χ3v) is 4.44. The Morgan fingerprint density at radius 1 is 1.26 bits per heavy atom.